The average molecular weight is 438 g/mol. The average Bonchev–Trinajstić information content (AvgIpc) is 3.09. The zero-order valence-electron chi connectivity index (χ0n) is 12.8. The monoisotopic (exact) mass is 437 g/mol. The zero-order valence-corrected chi connectivity index (χ0v) is 16.0. The van der Waals surface area contributed by atoms with Crippen molar-refractivity contribution < 1.29 is 14.3 Å². The van der Waals surface area contributed by atoms with E-state index in [0.717, 1.165) is 21.1 Å². The molecule has 0 unspecified atom stereocenters. The lowest BCUT2D eigenvalue weighted by atomic mass is 10.2. The Hall–Kier alpha value is -1.97. The van der Waals surface area contributed by atoms with Crippen molar-refractivity contribution in [2.45, 2.75) is 4.90 Å². The Morgan fingerprint density at radius 1 is 1.16 bits per heavy atom. The van der Waals surface area contributed by atoms with Gasteiger partial charge in [0.25, 0.3) is 5.91 Å². The molecule has 0 saturated heterocycles. The lowest BCUT2D eigenvalue weighted by molar-refractivity contribution is -0.144. The summed E-state index contributed by atoms with van der Waals surface area (Å²) in [5.74, 6) is -0.723. The van der Waals surface area contributed by atoms with Crippen LogP contribution in [0.4, 0.5) is 5.69 Å². The summed E-state index contributed by atoms with van der Waals surface area (Å²) < 4.78 is 14.2. The highest BCUT2D eigenvalue weighted by Gasteiger charge is 2.11. The van der Waals surface area contributed by atoms with E-state index in [2.05, 4.69) is 30.0 Å². The molecule has 0 bridgehead atoms. The topological polar surface area (TPSA) is 81.2 Å². The summed E-state index contributed by atoms with van der Waals surface area (Å²) in [6.07, 6.45) is 0. The molecule has 1 amide bonds. The van der Waals surface area contributed by atoms with Crippen molar-refractivity contribution in [3.8, 4) is 0 Å². The number of hydrogen-bond acceptors (Lipinski definition) is 7. The number of nitrogens with one attached hydrogen (secondary N) is 1. The normalized spacial score (nSPS) is 10.6. The number of esters is 1. The number of benzene rings is 2. The number of rotatable bonds is 6. The molecule has 3 rings (SSSR count). The fourth-order valence-corrected chi connectivity index (χ4v) is 3.46. The molecule has 0 fully saturated rings. The Morgan fingerprint density at radius 3 is 2.76 bits per heavy atom. The van der Waals surface area contributed by atoms with E-state index in [1.165, 1.54) is 11.8 Å². The molecule has 3 aromatic rings. The summed E-state index contributed by atoms with van der Waals surface area (Å²) in [5, 5.41) is 2.68. The molecule has 0 aliphatic rings. The molecule has 0 spiro atoms. The van der Waals surface area contributed by atoms with E-state index in [1.54, 1.807) is 12.1 Å². The minimum atomic E-state index is -0.448. The maximum Gasteiger partial charge on any atom is 0.316 e. The Labute approximate surface area is 160 Å². The predicted molar refractivity (Wildman–Crippen MR) is 102 cm³/mol. The number of nitrogens with zero attached hydrogens (tertiary/aromatic N) is 2. The van der Waals surface area contributed by atoms with E-state index in [1.807, 2.05) is 30.3 Å². The zero-order chi connectivity index (χ0) is 17.6. The van der Waals surface area contributed by atoms with E-state index in [-0.39, 0.29) is 12.4 Å². The van der Waals surface area contributed by atoms with Crippen LogP contribution in [0.15, 0.2) is 51.8 Å². The third-order valence-corrected chi connectivity index (χ3v) is 5.15. The van der Waals surface area contributed by atoms with Crippen molar-refractivity contribution in [1.29, 1.82) is 0 Å². The van der Waals surface area contributed by atoms with Crippen molar-refractivity contribution in [3.63, 3.8) is 0 Å². The molecule has 0 atom stereocenters. The third-order valence-electron chi connectivity index (χ3n) is 3.09. The van der Waals surface area contributed by atoms with Gasteiger partial charge in [-0.2, -0.15) is 8.75 Å². The Bertz CT molecular complexity index is 899. The van der Waals surface area contributed by atoms with Crippen molar-refractivity contribution in [3.05, 3.63) is 46.9 Å². The van der Waals surface area contributed by atoms with Crippen LogP contribution in [0, 0.1) is 0 Å². The number of ether oxygens (including phenoxy) is 1. The van der Waals surface area contributed by atoms with Crippen molar-refractivity contribution in [1.82, 2.24) is 8.75 Å². The van der Waals surface area contributed by atoms with E-state index in [9.17, 15) is 9.59 Å². The fraction of sp³-hybridized carbons (Fsp3) is 0.125. The van der Waals surface area contributed by atoms with Gasteiger partial charge in [-0.15, -0.1) is 11.8 Å². The smallest absolute Gasteiger partial charge is 0.316 e. The molecule has 0 saturated carbocycles. The summed E-state index contributed by atoms with van der Waals surface area (Å²) in [6.45, 7) is -0.340. The SMILES string of the molecule is O=C(COC(=O)CSc1ccc(Br)cc1)Nc1cccc2nsnc12. The van der Waals surface area contributed by atoms with E-state index >= 15 is 0 Å². The minimum Gasteiger partial charge on any atom is -0.455 e. The van der Waals surface area contributed by atoms with Gasteiger partial charge in [0, 0.05) is 9.37 Å². The van der Waals surface area contributed by atoms with Crippen molar-refractivity contribution >= 4 is 68.0 Å². The molecule has 0 aliphatic carbocycles. The number of halogens is 1. The molecule has 0 aliphatic heterocycles. The number of hydrogen-bond donors (Lipinski definition) is 1. The van der Waals surface area contributed by atoms with Crippen molar-refractivity contribution in [2.24, 2.45) is 0 Å². The van der Waals surface area contributed by atoms with Gasteiger partial charge in [-0.1, -0.05) is 22.0 Å². The number of fused-ring (bicyclic) bond motifs is 1. The number of carbonyl (C=O) groups excluding carboxylic acids is 2. The van der Waals surface area contributed by atoms with Gasteiger partial charge in [-0.25, -0.2) is 0 Å². The standard InChI is InChI=1S/C16H12BrN3O3S2/c17-10-4-6-11(7-5-10)24-9-15(22)23-8-14(21)18-12-2-1-3-13-16(12)20-25-19-13/h1-7H,8-9H2,(H,18,21). The lowest BCUT2D eigenvalue weighted by Crippen LogP contribution is -2.21. The van der Waals surface area contributed by atoms with Crippen molar-refractivity contribution in [2.75, 3.05) is 17.7 Å². The predicted octanol–water partition coefficient (Wildman–Crippen LogP) is 3.73. The molecule has 1 heterocycles. The van der Waals surface area contributed by atoms with Gasteiger partial charge in [-0.05, 0) is 36.4 Å². The Balaban J connectivity index is 1.46. The van der Waals surface area contributed by atoms with Crippen LogP contribution in [0.2, 0.25) is 0 Å². The molecule has 0 radical (unpaired) electrons. The first-order valence-electron chi connectivity index (χ1n) is 7.17. The van der Waals surface area contributed by atoms with Gasteiger partial charge < -0.3 is 10.1 Å². The molecule has 9 heteroatoms. The first-order valence-corrected chi connectivity index (χ1v) is 9.68. The number of thioether (sulfide) groups is 1. The largest absolute Gasteiger partial charge is 0.455 e. The van der Waals surface area contributed by atoms with Crippen LogP contribution < -0.4 is 5.32 Å². The molecular weight excluding hydrogens is 426 g/mol. The highest BCUT2D eigenvalue weighted by molar-refractivity contribution is 9.10. The first-order chi connectivity index (χ1) is 12.1. The molecule has 1 N–H and O–H groups in total. The molecule has 2 aromatic carbocycles. The summed E-state index contributed by atoms with van der Waals surface area (Å²) in [5.41, 5.74) is 1.89. The maximum atomic E-state index is 11.9. The van der Waals surface area contributed by atoms with Gasteiger partial charge in [0.1, 0.15) is 11.0 Å². The second-order valence-corrected chi connectivity index (χ2v) is 7.38. The molecule has 128 valence electrons. The summed E-state index contributed by atoms with van der Waals surface area (Å²) in [7, 11) is 0. The molecule has 6 nitrogen and oxygen atoms in total. The van der Waals surface area contributed by atoms with Gasteiger partial charge in [0.15, 0.2) is 6.61 Å². The molecule has 1 aromatic heterocycles. The lowest BCUT2D eigenvalue weighted by Gasteiger charge is -2.07. The van der Waals surface area contributed by atoms with Gasteiger partial charge >= 0.3 is 5.97 Å². The van der Waals surface area contributed by atoms with Crippen LogP contribution in [-0.4, -0.2) is 33.0 Å². The fourth-order valence-electron chi connectivity index (χ4n) is 1.95. The second kappa shape index (κ2) is 8.41. The van der Waals surface area contributed by atoms with Crippen LogP contribution in [0.1, 0.15) is 0 Å². The highest BCUT2D eigenvalue weighted by Crippen LogP contribution is 2.22. The number of aromatic nitrogens is 2. The quantitative estimate of drug-likeness (QED) is 0.467. The summed E-state index contributed by atoms with van der Waals surface area (Å²) >= 11 is 5.78. The number of anilines is 1. The van der Waals surface area contributed by atoms with Crippen LogP contribution >= 0.6 is 39.4 Å². The second-order valence-electron chi connectivity index (χ2n) is 4.89. The van der Waals surface area contributed by atoms with Crippen LogP contribution in [0.25, 0.3) is 11.0 Å². The van der Waals surface area contributed by atoms with Crippen LogP contribution in [0.5, 0.6) is 0 Å². The van der Waals surface area contributed by atoms with Gasteiger partial charge in [0.05, 0.1) is 23.2 Å². The number of carbonyl (C=O) groups is 2. The van der Waals surface area contributed by atoms with Crippen LogP contribution in [0.3, 0.4) is 0 Å². The molecule has 25 heavy (non-hydrogen) atoms. The highest BCUT2D eigenvalue weighted by atomic mass is 79.9. The Kier molecular flexibility index (Phi) is 6.00. The molecular formula is C16H12BrN3O3S2. The first kappa shape index (κ1) is 17.8. The van der Waals surface area contributed by atoms with Crippen LogP contribution in [-0.2, 0) is 14.3 Å². The van der Waals surface area contributed by atoms with E-state index in [4.69, 9.17) is 4.74 Å². The minimum absolute atomic E-state index is 0.139. The summed E-state index contributed by atoms with van der Waals surface area (Å²) in [6, 6.07) is 12.9. The Morgan fingerprint density at radius 2 is 1.96 bits per heavy atom. The summed E-state index contributed by atoms with van der Waals surface area (Å²) in [4.78, 5) is 24.7. The van der Waals surface area contributed by atoms with Gasteiger partial charge in [-0.3, -0.25) is 9.59 Å². The maximum absolute atomic E-state index is 11.9. The van der Waals surface area contributed by atoms with E-state index < -0.39 is 11.9 Å². The third kappa shape index (κ3) is 5.00. The number of amides is 1. The van der Waals surface area contributed by atoms with E-state index in [0.29, 0.717) is 16.7 Å². The van der Waals surface area contributed by atoms with Gasteiger partial charge in [0.2, 0.25) is 0 Å².